The van der Waals surface area contributed by atoms with Gasteiger partial charge in [-0.25, -0.2) is 4.79 Å². The lowest BCUT2D eigenvalue weighted by Gasteiger charge is -2.36. The lowest BCUT2D eigenvalue weighted by Crippen LogP contribution is -2.49. The molecule has 0 atom stereocenters. The average Bonchev–Trinajstić information content (AvgIpc) is 2.45. The molecule has 1 heterocycles. The summed E-state index contributed by atoms with van der Waals surface area (Å²) < 4.78 is 6.20. The van der Waals surface area contributed by atoms with Crippen LogP contribution in [0.15, 0.2) is 24.3 Å². The van der Waals surface area contributed by atoms with Gasteiger partial charge in [-0.1, -0.05) is 32.9 Å². The number of anilines is 1. The number of nitrogens with one attached hydrogen (secondary N) is 1. The Morgan fingerprint density at radius 1 is 1.17 bits per heavy atom. The Bertz CT molecular complexity index is 591. The minimum atomic E-state index is -1.76. The third-order valence-corrected chi connectivity index (χ3v) is 9.19. The van der Waals surface area contributed by atoms with Crippen LogP contribution in [-0.2, 0) is 15.8 Å². The average molecular weight is 334 g/mol. The van der Waals surface area contributed by atoms with Crippen molar-refractivity contribution in [2.75, 3.05) is 11.4 Å². The molecule has 0 aliphatic carbocycles. The first-order valence-corrected chi connectivity index (χ1v) is 10.9. The molecule has 1 saturated heterocycles. The second-order valence-corrected chi connectivity index (χ2v) is 12.3. The Hall–Kier alpha value is -1.66. The monoisotopic (exact) mass is 334 g/mol. The first-order valence-electron chi connectivity index (χ1n) is 7.94. The summed E-state index contributed by atoms with van der Waals surface area (Å²) in [6.07, 6.45) is 0.335. The summed E-state index contributed by atoms with van der Waals surface area (Å²) in [6, 6.07) is 7.41. The van der Waals surface area contributed by atoms with Gasteiger partial charge in [0.05, 0.1) is 6.61 Å². The number of amides is 3. The predicted molar refractivity (Wildman–Crippen MR) is 93.9 cm³/mol. The Morgan fingerprint density at radius 2 is 1.78 bits per heavy atom. The number of carbonyl (C=O) groups is 2. The maximum atomic E-state index is 11.8. The van der Waals surface area contributed by atoms with E-state index in [1.165, 1.54) is 0 Å². The maximum absolute atomic E-state index is 11.8. The molecule has 1 fully saturated rings. The summed E-state index contributed by atoms with van der Waals surface area (Å²) in [7, 11) is -1.76. The number of carbonyl (C=O) groups excluding carboxylic acids is 2. The molecule has 23 heavy (non-hydrogen) atoms. The van der Waals surface area contributed by atoms with Gasteiger partial charge in [-0.3, -0.25) is 15.0 Å². The molecule has 3 amide bonds. The van der Waals surface area contributed by atoms with Gasteiger partial charge in [0.15, 0.2) is 8.32 Å². The molecule has 1 aliphatic heterocycles. The van der Waals surface area contributed by atoms with Crippen molar-refractivity contribution in [1.29, 1.82) is 0 Å². The first kappa shape index (κ1) is 17.7. The van der Waals surface area contributed by atoms with Crippen LogP contribution in [0.4, 0.5) is 10.5 Å². The van der Waals surface area contributed by atoms with E-state index < -0.39 is 8.32 Å². The van der Waals surface area contributed by atoms with Gasteiger partial charge in [0.25, 0.3) is 0 Å². The number of hydrogen-bond acceptors (Lipinski definition) is 3. The second kappa shape index (κ2) is 6.45. The molecule has 0 spiro atoms. The van der Waals surface area contributed by atoms with E-state index >= 15 is 0 Å². The highest BCUT2D eigenvalue weighted by atomic mass is 28.4. The summed E-state index contributed by atoms with van der Waals surface area (Å²) >= 11 is 0. The highest BCUT2D eigenvalue weighted by molar-refractivity contribution is 6.74. The fraction of sp³-hybridized carbons (Fsp3) is 0.529. The normalized spacial score (nSPS) is 16.5. The van der Waals surface area contributed by atoms with E-state index in [1.54, 1.807) is 4.90 Å². The van der Waals surface area contributed by atoms with Crippen molar-refractivity contribution in [3.63, 3.8) is 0 Å². The third-order valence-electron chi connectivity index (χ3n) is 4.71. The Morgan fingerprint density at radius 3 is 2.30 bits per heavy atom. The van der Waals surface area contributed by atoms with Gasteiger partial charge in [-0.05, 0) is 35.8 Å². The van der Waals surface area contributed by atoms with Crippen molar-refractivity contribution >= 4 is 25.9 Å². The summed E-state index contributed by atoms with van der Waals surface area (Å²) in [6.45, 7) is 12.1. The predicted octanol–water partition coefficient (Wildman–Crippen LogP) is 3.65. The SMILES string of the molecule is CC(C)(C)[Si](C)(C)OCc1ccc(N2CCC(=O)NC2=O)cc1. The van der Waals surface area contributed by atoms with E-state index in [2.05, 4.69) is 39.2 Å². The lowest BCUT2D eigenvalue weighted by molar-refractivity contribution is -0.120. The van der Waals surface area contributed by atoms with Gasteiger partial charge in [-0.2, -0.15) is 0 Å². The van der Waals surface area contributed by atoms with Crippen molar-refractivity contribution in [2.24, 2.45) is 0 Å². The molecular formula is C17H26N2O3Si. The minimum absolute atomic E-state index is 0.186. The van der Waals surface area contributed by atoms with Crippen LogP contribution < -0.4 is 10.2 Å². The molecule has 1 aromatic carbocycles. The number of hydrogen-bond donors (Lipinski definition) is 1. The van der Waals surface area contributed by atoms with Crippen LogP contribution in [0, 0.1) is 0 Å². The minimum Gasteiger partial charge on any atom is -0.413 e. The van der Waals surface area contributed by atoms with Crippen molar-refractivity contribution in [3.8, 4) is 0 Å². The molecule has 5 nitrogen and oxygen atoms in total. The van der Waals surface area contributed by atoms with Gasteiger partial charge in [-0.15, -0.1) is 0 Å². The van der Waals surface area contributed by atoms with E-state index in [1.807, 2.05) is 24.3 Å². The zero-order valence-electron chi connectivity index (χ0n) is 14.6. The van der Waals surface area contributed by atoms with E-state index in [9.17, 15) is 9.59 Å². The van der Waals surface area contributed by atoms with Crippen molar-refractivity contribution in [3.05, 3.63) is 29.8 Å². The Kier molecular flexibility index (Phi) is 4.96. The summed E-state index contributed by atoms with van der Waals surface area (Å²) in [4.78, 5) is 24.6. The Labute approximate surface area is 139 Å². The molecule has 0 saturated carbocycles. The van der Waals surface area contributed by atoms with Crippen LogP contribution in [0.5, 0.6) is 0 Å². The summed E-state index contributed by atoms with van der Waals surface area (Å²) in [5.41, 5.74) is 1.89. The molecule has 0 radical (unpaired) electrons. The lowest BCUT2D eigenvalue weighted by atomic mass is 10.2. The van der Waals surface area contributed by atoms with Crippen LogP contribution in [0.1, 0.15) is 32.8 Å². The largest absolute Gasteiger partial charge is 0.413 e. The van der Waals surface area contributed by atoms with Gasteiger partial charge in [0, 0.05) is 18.7 Å². The fourth-order valence-corrected chi connectivity index (χ4v) is 3.02. The van der Waals surface area contributed by atoms with E-state index in [0.717, 1.165) is 11.3 Å². The molecule has 1 aliphatic rings. The van der Waals surface area contributed by atoms with E-state index in [4.69, 9.17) is 4.43 Å². The van der Waals surface area contributed by atoms with Gasteiger partial charge in [0.1, 0.15) is 0 Å². The smallest absolute Gasteiger partial charge is 0.328 e. The van der Waals surface area contributed by atoms with Crippen LogP contribution in [0.25, 0.3) is 0 Å². The summed E-state index contributed by atoms with van der Waals surface area (Å²) in [5.74, 6) is -0.217. The van der Waals surface area contributed by atoms with Crippen LogP contribution in [0.3, 0.4) is 0 Å². The second-order valence-electron chi connectivity index (χ2n) is 7.47. The molecule has 0 aromatic heterocycles. The van der Waals surface area contributed by atoms with Gasteiger partial charge >= 0.3 is 6.03 Å². The third kappa shape index (κ3) is 4.20. The van der Waals surface area contributed by atoms with Crippen molar-refractivity contribution < 1.29 is 14.0 Å². The van der Waals surface area contributed by atoms with E-state index in [0.29, 0.717) is 19.6 Å². The van der Waals surface area contributed by atoms with Crippen LogP contribution in [0.2, 0.25) is 18.1 Å². The zero-order valence-corrected chi connectivity index (χ0v) is 15.6. The number of imide groups is 1. The fourth-order valence-electron chi connectivity index (χ4n) is 2.06. The standard InChI is InChI=1S/C17H26N2O3Si/c1-17(2,3)23(4,5)22-12-13-6-8-14(9-7-13)19-11-10-15(20)18-16(19)21/h6-9H,10-12H2,1-5H3,(H,18,20,21). The number of rotatable bonds is 4. The van der Waals surface area contributed by atoms with Crippen LogP contribution in [-0.4, -0.2) is 26.8 Å². The molecule has 0 unspecified atom stereocenters. The van der Waals surface area contributed by atoms with Crippen molar-refractivity contribution in [2.45, 2.75) is 51.9 Å². The highest BCUT2D eigenvalue weighted by Crippen LogP contribution is 2.37. The molecule has 126 valence electrons. The molecule has 0 bridgehead atoms. The van der Waals surface area contributed by atoms with Crippen molar-refractivity contribution in [1.82, 2.24) is 5.32 Å². The highest BCUT2D eigenvalue weighted by Gasteiger charge is 2.37. The van der Waals surface area contributed by atoms with Crippen LogP contribution >= 0.6 is 0 Å². The zero-order chi connectivity index (χ0) is 17.3. The number of benzene rings is 1. The van der Waals surface area contributed by atoms with Gasteiger partial charge in [0.2, 0.25) is 5.91 Å². The van der Waals surface area contributed by atoms with Gasteiger partial charge < -0.3 is 4.43 Å². The summed E-state index contributed by atoms with van der Waals surface area (Å²) in [5, 5.41) is 2.52. The molecule has 1 aromatic rings. The topological polar surface area (TPSA) is 58.6 Å². The Balaban J connectivity index is 2.00. The molecule has 1 N–H and O–H groups in total. The quantitative estimate of drug-likeness (QED) is 0.855. The first-order chi connectivity index (χ1) is 10.6. The maximum Gasteiger partial charge on any atom is 0.328 e. The molecule has 2 rings (SSSR count). The molecular weight excluding hydrogens is 308 g/mol. The number of urea groups is 1. The molecule has 6 heteroatoms. The number of nitrogens with zero attached hydrogens (tertiary/aromatic N) is 1. The van der Waals surface area contributed by atoms with E-state index in [-0.39, 0.29) is 17.0 Å².